The fraction of sp³-hybridized carbons (Fsp3) is 0.400. The number of carbonyl (C=O) groups excluding carboxylic acids is 2. The van der Waals surface area contributed by atoms with Crippen LogP contribution in [0.5, 0.6) is 5.75 Å². The Hall–Kier alpha value is -2.93. The van der Waals surface area contributed by atoms with Crippen LogP contribution in [0.3, 0.4) is 0 Å². The molecular formula is C25H27N3O3S. The summed E-state index contributed by atoms with van der Waals surface area (Å²) < 4.78 is 7.26. The van der Waals surface area contributed by atoms with Crippen LogP contribution in [0.1, 0.15) is 30.7 Å². The maximum Gasteiger partial charge on any atom is 0.245 e. The molecule has 7 heteroatoms. The smallest absolute Gasteiger partial charge is 0.245 e. The van der Waals surface area contributed by atoms with Gasteiger partial charge in [-0.3, -0.25) is 9.59 Å². The summed E-state index contributed by atoms with van der Waals surface area (Å²) in [5.41, 5.74) is 0.972. The van der Waals surface area contributed by atoms with Crippen molar-refractivity contribution in [2.24, 2.45) is 0 Å². The second-order valence-corrected chi connectivity index (χ2v) is 9.57. The van der Waals surface area contributed by atoms with Gasteiger partial charge in [0.15, 0.2) is 0 Å². The number of fused-ring (bicyclic) bond motifs is 1. The van der Waals surface area contributed by atoms with Gasteiger partial charge in [-0.15, -0.1) is 11.3 Å². The number of para-hydroxylation sites is 2. The van der Waals surface area contributed by atoms with Crippen LogP contribution in [0.25, 0.3) is 10.2 Å². The molecule has 0 spiro atoms. The van der Waals surface area contributed by atoms with Crippen molar-refractivity contribution >= 4 is 33.4 Å². The zero-order chi connectivity index (χ0) is 21.9. The third-order valence-electron chi connectivity index (χ3n) is 6.22. The number of amides is 2. The van der Waals surface area contributed by atoms with Gasteiger partial charge in [0.2, 0.25) is 11.8 Å². The summed E-state index contributed by atoms with van der Waals surface area (Å²) in [6.45, 7) is 2.01. The molecule has 0 radical (unpaired) electrons. The van der Waals surface area contributed by atoms with E-state index in [0.717, 1.165) is 46.9 Å². The van der Waals surface area contributed by atoms with E-state index < -0.39 is 6.04 Å². The number of rotatable bonds is 6. The monoisotopic (exact) mass is 449 g/mol. The van der Waals surface area contributed by atoms with Gasteiger partial charge in [-0.2, -0.15) is 0 Å². The van der Waals surface area contributed by atoms with Crippen molar-refractivity contribution in [1.29, 1.82) is 0 Å². The summed E-state index contributed by atoms with van der Waals surface area (Å²) in [6, 6.07) is 17.2. The number of ether oxygens (including phenoxy) is 1. The zero-order valence-electron chi connectivity index (χ0n) is 18.0. The zero-order valence-corrected chi connectivity index (χ0v) is 18.8. The lowest BCUT2D eigenvalue weighted by molar-refractivity contribution is -0.143. The second-order valence-electron chi connectivity index (χ2n) is 8.46. The summed E-state index contributed by atoms with van der Waals surface area (Å²) >= 11 is 1.63. The van der Waals surface area contributed by atoms with E-state index in [9.17, 15) is 9.59 Å². The number of likely N-dealkylation sites (tertiary alicyclic amines) is 2. The average molecular weight is 450 g/mol. The normalized spacial score (nSPS) is 20.8. The number of carbonyl (C=O) groups is 2. The number of aromatic nitrogens is 1. The Morgan fingerprint density at radius 1 is 1.03 bits per heavy atom. The lowest BCUT2D eigenvalue weighted by atomic mass is 10.1. The molecule has 2 atom stereocenters. The summed E-state index contributed by atoms with van der Waals surface area (Å²) in [5.74, 6) is 0.838. The fourth-order valence-electron chi connectivity index (χ4n) is 4.62. The Morgan fingerprint density at radius 2 is 1.78 bits per heavy atom. The number of hydrogen-bond donors (Lipinski definition) is 0. The fourth-order valence-corrected chi connectivity index (χ4v) is 5.58. The first kappa shape index (κ1) is 20.9. The van der Waals surface area contributed by atoms with E-state index in [0.29, 0.717) is 25.8 Å². The molecule has 0 N–H and O–H groups in total. The van der Waals surface area contributed by atoms with Gasteiger partial charge in [-0.1, -0.05) is 30.3 Å². The first-order valence-electron chi connectivity index (χ1n) is 11.3. The molecule has 2 saturated heterocycles. The highest BCUT2D eigenvalue weighted by atomic mass is 32.1. The number of hydrogen-bond acceptors (Lipinski definition) is 5. The minimum Gasteiger partial charge on any atom is -0.488 e. The van der Waals surface area contributed by atoms with E-state index in [1.54, 1.807) is 16.2 Å². The average Bonchev–Trinajstić information content (AvgIpc) is 3.57. The molecule has 2 aliphatic rings. The molecule has 32 heavy (non-hydrogen) atoms. The lowest BCUT2D eigenvalue weighted by Gasteiger charge is -2.27. The highest BCUT2D eigenvalue weighted by Gasteiger charge is 2.42. The first-order valence-corrected chi connectivity index (χ1v) is 12.1. The summed E-state index contributed by atoms with van der Waals surface area (Å²) in [6.07, 6.45) is 3.37. The quantitative estimate of drug-likeness (QED) is 0.573. The van der Waals surface area contributed by atoms with Crippen LogP contribution in [0.15, 0.2) is 54.6 Å². The van der Waals surface area contributed by atoms with Gasteiger partial charge in [0.05, 0.1) is 21.8 Å². The Bertz CT molecular complexity index is 1060. The molecule has 0 aliphatic carbocycles. The molecule has 0 bridgehead atoms. The number of thiazole rings is 1. The van der Waals surface area contributed by atoms with Gasteiger partial charge in [-0.25, -0.2) is 4.98 Å². The topological polar surface area (TPSA) is 62.7 Å². The van der Waals surface area contributed by atoms with Crippen LogP contribution < -0.4 is 4.74 Å². The van der Waals surface area contributed by atoms with Crippen LogP contribution in [-0.4, -0.2) is 58.4 Å². The van der Waals surface area contributed by atoms with Gasteiger partial charge in [-0.05, 0) is 37.1 Å². The largest absolute Gasteiger partial charge is 0.488 e. The maximum absolute atomic E-state index is 13.2. The highest BCUT2D eigenvalue weighted by molar-refractivity contribution is 7.18. The minimum atomic E-state index is -0.440. The van der Waals surface area contributed by atoms with Gasteiger partial charge < -0.3 is 14.5 Å². The van der Waals surface area contributed by atoms with Crippen LogP contribution in [0.4, 0.5) is 0 Å². The molecule has 2 aromatic carbocycles. The molecule has 0 saturated carbocycles. The van der Waals surface area contributed by atoms with E-state index in [1.165, 1.54) is 0 Å². The van der Waals surface area contributed by atoms with Crippen molar-refractivity contribution in [3.05, 3.63) is 59.6 Å². The Balaban J connectivity index is 1.28. The van der Waals surface area contributed by atoms with Crippen molar-refractivity contribution < 1.29 is 14.3 Å². The summed E-state index contributed by atoms with van der Waals surface area (Å²) in [4.78, 5) is 34.8. The van der Waals surface area contributed by atoms with Crippen LogP contribution in [-0.2, 0) is 16.0 Å². The summed E-state index contributed by atoms with van der Waals surface area (Å²) in [5, 5.41) is 0.957. The molecule has 5 rings (SSSR count). The number of benzene rings is 2. The Morgan fingerprint density at radius 3 is 2.56 bits per heavy atom. The van der Waals surface area contributed by atoms with Crippen molar-refractivity contribution in [2.45, 2.75) is 44.2 Å². The second kappa shape index (κ2) is 9.28. The summed E-state index contributed by atoms with van der Waals surface area (Å²) in [7, 11) is 0. The maximum atomic E-state index is 13.2. The molecule has 2 amide bonds. The molecule has 0 unspecified atom stereocenters. The third-order valence-corrected chi connectivity index (χ3v) is 7.32. The molecule has 6 nitrogen and oxygen atoms in total. The van der Waals surface area contributed by atoms with E-state index >= 15 is 0 Å². The predicted octanol–water partition coefficient (Wildman–Crippen LogP) is 3.90. The molecule has 1 aromatic heterocycles. The third kappa shape index (κ3) is 4.48. The standard InChI is InChI=1S/C25H27N3O3S/c29-24(13-12-23-26-20-10-4-5-11-22(20)32-23)28-17-19(31-18-8-2-1-3-9-18)16-21(28)25(30)27-14-6-7-15-27/h1-5,8-11,19,21H,6-7,12-17H2/t19-,21-/m0/s1. The SMILES string of the molecule is O=C([C@@H]1C[C@H](Oc2ccccc2)CN1C(=O)CCc1nc2ccccc2s1)N1CCCC1. The number of nitrogens with zero attached hydrogens (tertiary/aromatic N) is 3. The van der Waals surface area contributed by atoms with E-state index in [4.69, 9.17) is 4.74 Å². The highest BCUT2D eigenvalue weighted by Crippen LogP contribution is 2.28. The predicted molar refractivity (Wildman–Crippen MR) is 125 cm³/mol. The van der Waals surface area contributed by atoms with E-state index in [2.05, 4.69) is 11.1 Å². The molecule has 2 aliphatic heterocycles. The van der Waals surface area contributed by atoms with Crippen molar-refractivity contribution in [2.75, 3.05) is 19.6 Å². The van der Waals surface area contributed by atoms with Gasteiger partial charge >= 0.3 is 0 Å². The van der Waals surface area contributed by atoms with Crippen molar-refractivity contribution in [3.8, 4) is 5.75 Å². The van der Waals surface area contributed by atoms with Crippen molar-refractivity contribution in [1.82, 2.24) is 14.8 Å². The van der Waals surface area contributed by atoms with Gasteiger partial charge in [0, 0.05) is 32.4 Å². The first-order chi connectivity index (χ1) is 15.7. The molecular weight excluding hydrogens is 422 g/mol. The van der Waals surface area contributed by atoms with Crippen LogP contribution in [0, 0.1) is 0 Å². The number of aryl methyl sites for hydroxylation is 1. The molecule has 2 fully saturated rings. The van der Waals surface area contributed by atoms with Gasteiger partial charge in [0.25, 0.3) is 0 Å². The van der Waals surface area contributed by atoms with Gasteiger partial charge in [0.1, 0.15) is 17.9 Å². The van der Waals surface area contributed by atoms with E-state index in [-0.39, 0.29) is 17.9 Å². The van der Waals surface area contributed by atoms with Crippen LogP contribution >= 0.6 is 11.3 Å². The molecule has 3 heterocycles. The molecule has 3 aromatic rings. The Kier molecular flexibility index (Phi) is 6.08. The van der Waals surface area contributed by atoms with Crippen LogP contribution in [0.2, 0.25) is 0 Å². The molecule has 166 valence electrons. The van der Waals surface area contributed by atoms with E-state index in [1.807, 2.05) is 53.4 Å². The van der Waals surface area contributed by atoms with Crippen molar-refractivity contribution in [3.63, 3.8) is 0 Å². The lowest BCUT2D eigenvalue weighted by Crippen LogP contribution is -2.47. The minimum absolute atomic E-state index is 0.000893. The Labute approximate surface area is 191 Å².